The van der Waals surface area contributed by atoms with Crippen molar-refractivity contribution < 1.29 is 4.79 Å². The first-order chi connectivity index (χ1) is 11.7. The van der Waals surface area contributed by atoms with Crippen molar-refractivity contribution in [2.75, 3.05) is 13.1 Å². The molecule has 0 spiro atoms. The molecule has 122 valence electrons. The van der Waals surface area contributed by atoms with Gasteiger partial charge in [0.15, 0.2) is 0 Å². The topological polar surface area (TPSA) is 37.6 Å². The molecule has 4 nitrogen and oxygen atoms in total. The summed E-state index contributed by atoms with van der Waals surface area (Å²) >= 11 is 0. The van der Waals surface area contributed by atoms with E-state index in [1.54, 1.807) is 0 Å². The third-order valence-corrected chi connectivity index (χ3v) is 4.71. The number of amides is 1. The third kappa shape index (κ3) is 2.80. The fourth-order valence-electron chi connectivity index (χ4n) is 3.42. The van der Waals surface area contributed by atoms with Crippen LogP contribution in [0, 0.1) is 5.92 Å². The van der Waals surface area contributed by atoms with Crippen LogP contribution in [0.2, 0.25) is 0 Å². The highest BCUT2D eigenvalue weighted by Gasteiger charge is 2.22. The van der Waals surface area contributed by atoms with Gasteiger partial charge in [-0.3, -0.25) is 4.79 Å². The maximum absolute atomic E-state index is 12.8. The Balaban J connectivity index is 1.64. The molecule has 24 heavy (non-hydrogen) atoms. The molecule has 0 radical (unpaired) electrons. The van der Waals surface area contributed by atoms with Crippen molar-refractivity contribution in [3.8, 4) is 11.3 Å². The molecule has 1 atom stereocenters. The van der Waals surface area contributed by atoms with E-state index in [0.29, 0.717) is 5.92 Å². The summed E-state index contributed by atoms with van der Waals surface area (Å²) in [5, 5.41) is 0. The van der Waals surface area contributed by atoms with Crippen LogP contribution in [0.1, 0.15) is 30.1 Å². The lowest BCUT2D eigenvalue weighted by atomic mass is 10.00. The number of hydrogen-bond donors (Lipinski definition) is 0. The number of aromatic nitrogens is 2. The van der Waals surface area contributed by atoms with E-state index < -0.39 is 0 Å². The molecule has 1 amide bonds. The van der Waals surface area contributed by atoms with Gasteiger partial charge in [0.2, 0.25) is 0 Å². The first-order valence-electron chi connectivity index (χ1n) is 8.54. The molecule has 0 saturated carbocycles. The Morgan fingerprint density at radius 3 is 2.75 bits per heavy atom. The van der Waals surface area contributed by atoms with Crippen molar-refractivity contribution in [3.05, 3.63) is 60.4 Å². The van der Waals surface area contributed by atoms with Gasteiger partial charge in [-0.05, 0) is 30.9 Å². The molecule has 1 aliphatic rings. The van der Waals surface area contributed by atoms with Crippen molar-refractivity contribution >= 4 is 11.6 Å². The van der Waals surface area contributed by atoms with Crippen LogP contribution in [0.5, 0.6) is 0 Å². The predicted octanol–water partition coefficient (Wildman–Crippen LogP) is 3.87. The minimum absolute atomic E-state index is 0.124. The van der Waals surface area contributed by atoms with Crippen molar-refractivity contribution in [1.82, 2.24) is 14.3 Å². The number of carbonyl (C=O) groups excluding carboxylic acids is 1. The maximum atomic E-state index is 12.8. The van der Waals surface area contributed by atoms with Gasteiger partial charge in [0.25, 0.3) is 5.91 Å². The third-order valence-electron chi connectivity index (χ3n) is 4.71. The molecule has 0 N–H and O–H groups in total. The summed E-state index contributed by atoms with van der Waals surface area (Å²) in [7, 11) is 0. The summed E-state index contributed by atoms with van der Waals surface area (Å²) in [6.07, 6.45) is 6.19. The van der Waals surface area contributed by atoms with Crippen LogP contribution in [0.15, 0.2) is 54.9 Å². The minimum atomic E-state index is 0.124. The molecule has 4 heteroatoms. The highest BCUT2D eigenvalue weighted by molar-refractivity contribution is 5.94. The van der Waals surface area contributed by atoms with Gasteiger partial charge in [0.05, 0.1) is 11.3 Å². The van der Waals surface area contributed by atoms with Gasteiger partial charge in [0, 0.05) is 31.0 Å². The molecular weight excluding hydrogens is 298 g/mol. The van der Waals surface area contributed by atoms with Gasteiger partial charge in [-0.1, -0.05) is 37.3 Å². The summed E-state index contributed by atoms with van der Waals surface area (Å²) in [6.45, 7) is 3.93. The normalized spacial score (nSPS) is 18.0. The van der Waals surface area contributed by atoms with E-state index in [1.807, 2.05) is 64.2 Å². The summed E-state index contributed by atoms with van der Waals surface area (Å²) in [6, 6.07) is 13.9. The predicted molar refractivity (Wildman–Crippen MR) is 94.9 cm³/mol. The van der Waals surface area contributed by atoms with Gasteiger partial charge < -0.3 is 9.30 Å². The van der Waals surface area contributed by atoms with Crippen LogP contribution >= 0.6 is 0 Å². The Labute approximate surface area is 141 Å². The number of imidazole rings is 1. The Kier molecular flexibility index (Phi) is 3.81. The number of benzene rings is 1. The molecule has 2 aromatic heterocycles. The summed E-state index contributed by atoms with van der Waals surface area (Å²) < 4.78 is 1.95. The second-order valence-corrected chi connectivity index (χ2v) is 6.67. The quantitative estimate of drug-likeness (QED) is 0.719. The summed E-state index contributed by atoms with van der Waals surface area (Å²) in [4.78, 5) is 19.4. The zero-order valence-corrected chi connectivity index (χ0v) is 13.9. The van der Waals surface area contributed by atoms with Crippen molar-refractivity contribution in [1.29, 1.82) is 0 Å². The fourth-order valence-corrected chi connectivity index (χ4v) is 3.42. The molecule has 1 aromatic carbocycles. The second kappa shape index (κ2) is 6.11. The standard InChI is InChI=1S/C20H21N3O/c1-15-6-5-11-22(12-15)20(24)17-9-10-19-21-18(14-23(19)13-17)16-7-3-2-4-8-16/h2-4,7-10,13-15H,5-6,11-12H2,1H3/t15-/m1/s1. The van der Waals surface area contributed by atoms with E-state index >= 15 is 0 Å². The van der Waals surface area contributed by atoms with Crippen LogP contribution in [0.25, 0.3) is 16.9 Å². The lowest BCUT2D eigenvalue weighted by Gasteiger charge is -2.31. The van der Waals surface area contributed by atoms with Crippen LogP contribution in [-0.4, -0.2) is 33.3 Å². The molecule has 4 rings (SSSR count). The zero-order valence-electron chi connectivity index (χ0n) is 13.9. The number of likely N-dealkylation sites (tertiary alicyclic amines) is 1. The molecule has 1 aliphatic heterocycles. The van der Waals surface area contributed by atoms with E-state index in [2.05, 4.69) is 11.9 Å². The lowest BCUT2D eigenvalue weighted by Crippen LogP contribution is -2.39. The monoisotopic (exact) mass is 319 g/mol. The molecular formula is C20H21N3O. The molecule has 3 aromatic rings. The van der Waals surface area contributed by atoms with Crippen molar-refractivity contribution in [3.63, 3.8) is 0 Å². The average molecular weight is 319 g/mol. The molecule has 3 heterocycles. The molecule has 0 unspecified atom stereocenters. The van der Waals surface area contributed by atoms with Gasteiger partial charge >= 0.3 is 0 Å². The van der Waals surface area contributed by atoms with Crippen LogP contribution in [0.4, 0.5) is 0 Å². The molecule has 1 fully saturated rings. The smallest absolute Gasteiger partial charge is 0.255 e. The summed E-state index contributed by atoms with van der Waals surface area (Å²) in [5.41, 5.74) is 3.59. The number of rotatable bonds is 2. The van der Waals surface area contributed by atoms with Crippen LogP contribution in [0.3, 0.4) is 0 Å². The van der Waals surface area contributed by atoms with E-state index in [0.717, 1.165) is 42.0 Å². The second-order valence-electron chi connectivity index (χ2n) is 6.67. The number of carbonyl (C=O) groups is 1. The van der Waals surface area contributed by atoms with E-state index in [9.17, 15) is 4.79 Å². The van der Waals surface area contributed by atoms with Crippen molar-refractivity contribution in [2.45, 2.75) is 19.8 Å². The molecule has 0 bridgehead atoms. The minimum Gasteiger partial charge on any atom is -0.338 e. The molecule has 0 aliphatic carbocycles. The Bertz CT molecular complexity index is 869. The first-order valence-corrected chi connectivity index (χ1v) is 8.54. The number of nitrogens with zero attached hydrogens (tertiary/aromatic N) is 3. The first kappa shape index (κ1) is 14.9. The highest BCUT2D eigenvalue weighted by atomic mass is 16.2. The lowest BCUT2D eigenvalue weighted by molar-refractivity contribution is 0.0682. The van der Waals surface area contributed by atoms with E-state index in [4.69, 9.17) is 0 Å². The highest BCUT2D eigenvalue weighted by Crippen LogP contribution is 2.21. The number of hydrogen-bond acceptors (Lipinski definition) is 2. The molecule has 1 saturated heterocycles. The van der Waals surface area contributed by atoms with Crippen LogP contribution < -0.4 is 0 Å². The Morgan fingerprint density at radius 1 is 1.12 bits per heavy atom. The van der Waals surface area contributed by atoms with E-state index in [-0.39, 0.29) is 5.91 Å². The van der Waals surface area contributed by atoms with Gasteiger partial charge in [-0.25, -0.2) is 4.98 Å². The fraction of sp³-hybridized carbons (Fsp3) is 0.300. The number of piperidine rings is 1. The largest absolute Gasteiger partial charge is 0.338 e. The average Bonchev–Trinajstić information content (AvgIpc) is 3.05. The number of fused-ring (bicyclic) bond motifs is 1. The number of pyridine rings is 1. The zero-order chi connectivity index (χ0) is 16.5. The van der Waals surface area contributed by atoms with Crippen molar-refractivity contribution in [2.24, 2.45) is 5.92 Å². The SMILES string of the molecule is C[C@@H]1CCCN(C(=O)c2ccc3nc(-c4ccccc4)cn3c2)C1. The van der Waals surface area contributed by atoms with Gasteiger partial charge in [0.1, 0.15) is 5.65 Å². The Morgan fingerprint density at radius 2 is 1.96 bits per heavy atom. The summed E-state index contributed by atoms with van der Waals surface area (Å²) in [5.74, 6) is 0.711. The van der Waals surface area contributed by atoms with Gasteiger partial charge in [-0.2, -0.15) is 0 Å². The van der Waals surface area contributed by atoms with Crippen LogP contribution in [-0.2, 0) is 0 Å². The van der Waals surface area contributed by atoms with E-state index in [1.165, 1.54) is 6.42 Å². The Hall–Kier alpha value is -2.62. The van der Waals surface area contributed by atoms with Gasteiger partial charge in [-0.15, -0.1) is 0 Å². The maximum Gasteiger partial charge on any atom is 0.255 e.